The van der Waals surface area contributed by atoms with Gasteiger partial charge in [-0.05, 0) is 24.3 Å². The zero-order valence-electron chi connectivity index (χ0n) is 10.6. The number of amides is 1. The smallest absolute Gasteiger partial charge is 0.371 e. The van der Waals surface area contributed by atoms with Crippen molar-refractivity contribution in [2.45, 2.75) is 5.09 Å². The van der Waals surface area contributed by atoms with E-state index in [-0.39, 0.29) is 0 Å². The Morgan fingerprint density at radius 2 is 1.76 bits per heavy atom. The molecule has 1 aromatic heterocycles. The van der Waals surface area contributed by atoms with Gasteiger partial charge in [0.2, 0.25) is 26.6 Å². The number of carboxylic acid groups (broad SMARTS) is 1. The highest BCUT2D eigenvalue weighted by molar-refractivity contribution is 7.92. The second-order valence-electron chi connectivity index (χ2n) is 4.10. The Balaban J connectivity index is 2.09. The molecule has 7 nitrogen and oxygen atoms in total. The number of benzene rings is 1. The van der Waals surface area contributed by atoms with E-state index in [1.807, 2.05) is 0 Å². The summed E-state index contributed by atoms with van der Waals surface area (Å²) in [6.45, 7) is 0. The fourth-order valence-corrected chi connectivity index (χ4v) is 2.62. The fourth-order valence-electron chi connectivity index (χ4n) is 1.56. The minimum atomic E-state index is -4.03. The Labute approximate surface area is 120 Å². The lowest BCUT2D eigenvalue weighted by Crippen LogP contribution is -2.22. The molecule has 1 amide bonds. The van der Waals surface area contributed by atoms with E-state index in [0.717, 1.165) is 12.1 Å². The van der Waals surface area contributed by atoms with E-state index in [2.05, 4.69) is 5.32 Å². The standard InChI is InChI=1S/C13H11NO6S/c15-11(14-9-4-2-1-3-5-9)8-21(18,19)12-7-6-10(20-12)13(16)17/h1-7H,8H2,(H,14,15)(H,16,17). The van der Waals surface area contributed by atoms with Crippen molar-refractivity contribution in [3.05, 3.63) is 48.2 Å². The van der Waals surface area contributed by atoms with Crippen molar-refractivity contribution in [2.24, 2.45) is 0 Å². The molecule has 0 spiro atoms. The van der Waals surface area contributed by atoms with Crippen molar-refractivity contribution in [3.8, 4) is 0 Å². The van der Waals surface area contributed by atoms with E-state index >= 15 is 0 Å². The predicted molar refractivity (Wildman–Crippen MR) is 72.8 cm³/mol. The van der Waals surface area contributed by atoms with Gasteiger partial charge in [0.25, 0.3) is 0 Å². The number of furan rings is 1. The number of rotatable bonds is 5. The number of sulfone groups is 1. The predicted octanol–water partition coefficient (Wildman–Crippen LogP) is 1.39. The molecule has 0 radical (unpaired) electrons. The molecule has 0 saturated carbocycles. The summed E-state index contributed by atoms with van der Waals surface area (Å²) >= 11 is 0. The quantitative estimate of drug-likeness (QED) is 0.862. The number of anilines is 1. The monoisotopic (exact) mass is 309 g/mol. The zero-order chi connectivity index (χ0) is 15.5. The summed E-state index contributed by atoms with van der Waals surface area (Å²) in [4.78, 5) is 22.3. The molecule has 110 valence electrons. The second kappa shape index (κ2) is 5.80. The molecule has 0 saturated heterocycles. The molecule has 0 aliphatic rings. The van der Waals surface area contributed by atoms with Crippen molar-refractivity contribution in [2.75, 3.05) is 11.1 Å². The summed E-state index contributed by atoms with van der Waals surface area (Å²) in [5.41, 5.74) is 0.461. The van der Waals surface area contributed by atoms with Gasteiger partial charge < -0.3 is 14.8 Å². The molecule has 21 heavy (non-hydrogen) atoms. The van der Waals surface area contributed by atoms with Gasteiger partial charge in [0.1, 0.15) is 5.75 Å². The van der Waals surface area contributed by atoms with Gasteiger partial charge in [-0.15, -0.1) is 0 Å². The van der Waals surface area contributed by atoms with Gasteiger partial charge in [0, 0.05) is 5.69 Å². The van der Waals surface area contributed by atoms with Crippen LogP contribution < -0.4 is 5.32 Å². The third kappa shape index (κ3) is 3.69. The van der Waals surface area contributed by atoms with Crippen LogP contribution in [0.5, 0.6) is 0 Å². The van der Waals surface area contributed by atoms with E-state index in [9.17, 15) is 18.0 Å². The van der Waals surface area contributed by atoms with E-state index in [1.165, 1.54) is 0 Å². The van der Waals surface area contributed by atoms with Crippen molar-refractivity contribution >= 4 is 27.4 Å². The Hall–Kier alpha value is -2.61. The highest BCUT2D eigenvalue weighted by Gasteiger charge is 2.24. The Morgan fingerprint density at radius 3 is 2.33 bits per heavy atom. The van der Waals surface area contributed by atoms with Gasteiger partial charge in [-0.3, -0.25) is 4.79 Å². The molecule has 1 heterocycles. The SMILES string of the molecule is O=C(CS(=O)(=O)c1ccc(C(=O)O)o1)Nc1ccccc1. The summed E-state index contributed by atoms with van der Waals surface area (Å²) in [7, 11) is -4.03. The van der Waals surface area contributed by atoms with Crippen LogP contribution in [0.1, 0.15) is 10.6 Å². The molecular weight excluding hydrogens is 298 g/mol. The molecule has 0 aliphatic carbocycles. The first-order valence-corrected chi connectivity index (χ1v) is 7.44. The van der Waals surface area contributed by atoms with Gasteiger partial charge in [0.05, 0.1) is 0 Å². The number of para-hydroxylation sites is 1. The largest absolute Gasteiger partial charge is 0.475 e. The Bertz CT molecular complexity index is 763. The number of aromatic carboxylic acids is 1. The molecule has 0 bridgehead atoms. The number of carbonyl (C=O) groups is 2. The molecule has 0 fully saturated rings. The van der Waals surface area contributed by atoms with Crippen LogP contribution in [0.2, 0.25) is 0 Å². The van der Waals surface area contributed by atoms with Crippen LogP contribution in [-0.2, 0) is 14.6 Å². The lowest BCUT2D eigenvalue weighted by molar-refractivity contribution is -0.113. The summed E-state index contributed by atoms with van der Waals surface area (Å²) in [5, 5.41) is 10.5. The topological polar surface area (TPSA) is 114 Å². The third-order valence-corrected chi connectivity index (χ3v) is 3.95. The summed E-state index contributed by atoms with van der Waals surface area (Å²) in [6, 6.07) is 10.4. The third-order valence-electron chi connectivity index (χ3n) is 2.48. The van der Waals surface area contributed by atoms with E-state index in [1.54, 1.807) is 30.3 Å². The summed E-state index contributed by atoms with van der Waals surface area (Å²) in [6.07, 6.45) is 0. The molecule has 0 atom stereocenters. The minimum Gasteiger partial charge on any atom is -0.475 e. The van der Waals surface area contributed by atoms with E-state index in [4.69, 9.17) is 9.52 Å². The maximum absolute atomic E-state index is 11.9. The van der Waals surface area contributed by atoms with E-state index in [0.29, 0.717) is 5.69 Å². The van der Waals surface area contributed by atoms with Gasteiger partial charge in [-0.25, -0.2) is 13.2 Å². The van der Waals surface area contributed by atoms with Crippen molar-refractivity contribution in [3.63, 3.8) is 0 Å². The maximum Gasteiger partial charge on any atom is 0.371 e. The van der Waals surface area contributed by atoms with Crippen LogP contribution in [0.25, 0.3) is 0 Å². The Morgan fingerprint density at radius 1 is 1.10 bits per heavy atom. The first-order chi connectivity index (χ1) is 9.88. The van der Waals surface area contributed by atoms with Crippen molar-refractivity contribution < 1.29 is 27.5 Å². The van der Waals surface area contributed by atoms with Crippen LogP contribution in [0, 0.1) is 0 Å². The number of nitrogens with one attached hydrogen (secondary N) is 1. The highest BCUT2D eigenvalue weighted by atomic mass is 32.2. The zero-order valence-corrected chi connectivity index (χ0v) is 11.5. The number of hydrogen-bond donors (Lipinski definition) is 2. The molecule has 2 N–H and O–H groups in total. The lowest BCUT2D eigenvalue weighted by Gasteiger charge is -2.04. The highest BCUT2D eigenvalue weighted by Crippen LogP contribution is 2.16. The molecule has 8 heteroatoms. The minimum absolute atomic E-state index is 0.461. The molecule has 2 rings (SSSR count). The second-order valence-corrected chi connectivity index (χ2v) is 6.02. The number of hydrogen-bond acceptors (Lipinski definition) is 5. The van der Waals surface area contributed by atoms with Crippen LogP contribution in [0.3, 0.4) is 0 Å². The average molecular weight is 309 g/mol. The molecule has 2 aromatic rings. The van der Waals surface area contributed by atoms with Gasteiger partial charge in [0.15, 0.2) is 0 Å². The van der Waals surface area contributed by atoms with Gasteiger partial charge >= 0.3 is 5.97 Å². The van der Waals surface area contributed by atoms with Gasteiger partial charge in [-0.2, -0.15) is 0 Å². The molecule has 0 aliphatic heterocycles. The first kappa shape index (κ1) is 14.8. The summed E-state index contributed by atoms with van der Waals surface area (Å²) in [5.74, 6) is -3.47. The van der Waals surface area contributed by atoms with Gasteiger partial charge in [-0.1, -0.05) is 18.2 Å². The van der Waals surface area contributed by atoms with Crippen LogP contribution >= 0.6 is 0 Å². The summed E-state index contributed by atoms with van der Waals surface area (Å²) < 4.78 is 28.5. The number of carbonyl (C=O) groups excluding carboxylic acids is 1. The maximum atomic E-state index is 11.9. The average Bonchev–Trinajstić information content (AvgIpc) is 2.89. The van der Waals surface area contributed by atoms with Crippen LogP contribution in [0.4, 0.5) is 5.69 Å². The fraction of sp³-hybridized carbons (Fsp3) is 0.0769. The lowest BCUT2D eigenvalue weighted by atomic mass is 10.3. The normalized spacial score (nSPS) is 11.0. The molecule has 0 unspecified atom stereocenters. The van der Waals surface area contributed by atoms with Crippen LogP contribution in [0.15, 0.2) is 52.0 Å². The molecule has 1 aromatic carbocycles. The number of carboxylic acids is 1. The molecular formula is C13H11NO6S. The van der Waals surface area contributed by atoms with Crippen molar-refractivity contribution in [1.29, 1.82) is 0 Å². The van der Waals surface area contributed by atoms with E-state index < -0.39 is 38.3 Å². The first-order valence-electron chi connectivity index (χ1n) is 5.79. The Kier molecular flexibility index (Phi) is 4.08. The van der Waals surface area contributed by atoms with Crippen molar-refractivity contribution in [1.82, 2.24) is 0 Å². The van der Waals surface area contributed by atoms with Crippen LogP contribution in [-0.4, -0.2) is 31.2 Å².